The van der Waals surface area contributed by atoms with E-state index in [1.165, 1.54) is 0 Å². The summed E-state index contributed by atoms with van der Waals surface area (Å²) >= 11 is 0. The summed E-state index contributed by atoms with van der Waals surface area (Å²) < 4.78 is 11.5. The van der Waals surface area contributed by atoms with Gasteiger partial charge in [-0.2, -0.15) is 0 Å². The summed E-state index contributed by atoms with van der Waals surface area (Å²) in [5, 5.41) is 9.11. The van der Waals surface area contributed by atoms with E-state index < -0.39 is 0 Å². The normalized spacial score (nSPS) is 12.2. The summed E-state index contributed by atoms with van der Waals surface area (Å²) in [7, 11) is 0. The number of ether oxygens (including phenoxy) is 2. The van der Waals surface area contributed by atoms with Gasteiger partial charge in [-0.25, -0.2) is 0 Å². The Hall–Kier alpha value is -1.68. The molecule has 21 heavy (non-hydrogen) atoms. The molecule has 112 valence electrons. The van der Waals surface area contributed by atoms with E-state index in [2.05, 4.69) is 0 Å². The molecule has 0 saturated carbocycles. The highest BCUT2D eigenvalue weighted by molar-refractivity contribution is 5.14. The monoisotopic (exact) mass is 286 g/mol. The van der Waals surface area contributed by atoms with E-state index in [0.29, 0.717) is 26.2 Å². The van der Waals surface area contributed by atoms with Gasteiger partial charge in [-0.3, -0.25) is 0 Å². The van der Waals surface area contributed by atoms with Gasteiger partial charge in [-0.05, 0) is 17.5 Å². The van der Waals surface area contributed by atoms with Crippen LogP contribution in [0.5, 0.6) is 0 Å². The zero-order valence-electron chi connectivity index (χ0n) is 12.2. The topological polar surface area (TPSA) is 38.7 Å². The van der Waals surface area contributed by atoms with Gasteiger partial charge in [0.2, 0.25) is 0 Å². The molecule has 0 saturated heterocycles. The lowest BCUT2D eigenvalue weighted by Gasteiger charge is -2.17. The van der Waals surface area contributed by atoms with E-state index in [-0.39, 0.29) is 12.7 Å². The van der Waals surface area contributed by atoms with Crippen LogP contribution in [0.15, 0.2) is 60.7 Å². The molecular formula is C18H22O3. The molecule has 3 heteroatoms. The van der Waals surface area contributed by atoms with E-state index in [0.717, 1.165) is 11.1 Å². The summed E-state index contributed by atoms with van der Waals surface area (Å²) in [6.07, 6.45) is 0.501. The molecule has 2 aromatic carbocycles. The minimum absolute atomic E-state index is 0.0843. The quantitative estimate of drug-likeness (QED) is 0.769. The van der Waals surface area contributed by atoms with Gasteiger partial charge in [0.05, 0.1) is 25.9 Å². The van der Waals surface area contributed by atoms with Gasteiger partial charge in [-0.15, -0.1) is 0 Å². The Kier molecular flexibility index (Phi) is 6.95. The van der Waals surface area contributed by atoms with Crippen molar-refractivity contribution < 1.29 is 14.6 Å². The van der Waals surface area contributed by atoms with Crippen LogP contribution in [0.1, 0.15) is 17.5 Å². The fraction of sp³-hybridized carbons (Fsp3) is 0.333. The average Bonchev–Trinajstić information content (AvgIpc) is 2.54. The molecule has 0 fully saturated rings. The number of benzene rings is 2. The minimum atomic E-state index is -0.0843. The predicted octanol–water partition coefficient (Wildman–Crippen LogP) is 3.17. The summed E-state index contributed by atoms with van der Waals surface area (Å²) in [5.41, 5.74) is 2.27. The molecule has 0 heterocycles. The number of hydrogen-bond acceptors (Lipinski definition) is 3. The SMILES string of the molecule is OCCC(COCc1ccccc1)OCc1ccccc1. The van der Waals surface area contributed by atoms with E-state index in [1.807, 2.05) is 60.7 Å². The highest BCUT2D eigenvalue weighted by Gasteiger charge is 2.09. The van der Waals surface area contributed by atoms with Crippen LogP contribution in [0.3, 0.4) is 0 Å². The van der Waals surface area contributed by atoms with Gasteiger partial charge in [0, 0.05) is 6.61 Å². The molecule has 2 rings (SSSR count). The molecule has 0 aromatic heterocycles. The van der Waals surface area contributed by atoms with Crippen molar-refractivity contribution in [2.24, 2.45) is 0 Å². The van der Waals surface area contributed by atoms with Crippen molar-refractivity contribution in [3.05, 3.63) is 71.8 Å². The molecule has 0 spiro atoms. The largest absolute Gasteiger partial charge is 0.396 e. The average molecular weight is 286 g/mol. The van der Waals surface area contributed by atoms with Crippen LogP contribution in [0, 0.1) is 0 Å². The minimum Gasteiger partial charge on any atom is -0.396 e. The molecule has 1 N–H and O–H groups in total. The fourth-order valence-corrected chi connectivity index (χ4v) is 2.03. The molecule has 2 aromatic rings. The molecule has 1 unspecified atom stereocenters. The van der Waals surface area contributed by atoms with Crippen molar-refractivity contribution in [2.75, 3.05) is 13.2 Å². The molecule has 0 aliphatic heterocycles. The van der Waals surface area contributed by atoms with Crippen molar-refractivity contribution in [1.82, 2.24) is 0 Å². The van der Waals surface area contributed by atoms with E-state index in [9.17, 15) is 0 Å². The zero-order valence-corrected chi connectivity index (χ0v) is 12.2. The fourth-order valence-electron chi connectivity index (χ4n) is 2.03. The highest BCUT2D eigenvalue weighted by atomic mass is 16.5. The first-order chi connectivity index (χ1) is 10.4. The smallest absolute Gasteiger partial charge is 0.0835 e. The van der Waals surface area contributed by atoms with Crippen LogP contribution in [-0.2, 0) is 22.7 Å². The van der Waals surface area contributed by atoms with Gasteiger partial charge >= 0.3 is 0 Å². The molecular weight excluding hydrogens is 264 g/mol. The van der Waals surface area contributed by atoms with Crippen LogP contribution in [0.25, 0.3) is 0 Å². The van der Waals surface area contributed by atoms with Crippen molar-refractivity contribution in [3.8, 4) is 0 Å². The van der Waals surface area contributed by atoms with Crippen LogP contribution in [-0.4, -0.2) is 24.4 Å². The van der Waals surface area contributed by atoms with Crippen molar-refractivity contribution in [1.29, 1.82) is 0 Å². The summed E-state index contributed by atoms with van der Waals surface area (Å²) in [6, 6.07) is 20.1. The lowest BCUT2D eigenvalue weighted by molar-refractivity contribution is -0.0392. The second-order valence-electron chi connectivity index (χ2n) is 4.93. The standard InChI is InChI=1S/C18H22O3/c19-12-11-18(21-14-17-9-5-2-6-10-17)15-20-13-16-7-3-1-4-8-16/h1-10,18-19H,11-15H2. The van der Waals surface area contributed by atoms with Crippen molar-refractivity contribution >= 4 is 0 Å². The van der Waals surface area contributed by atoms with Crippen LogP contribution >= 0.6 is 0 Å². The first-order valence-electron chi connectivity index (χ1n) is 7.26. The maximum Gasteiger partial charge on any atom is 0.0835 e. The lowest BCUT2D eigenvalue weighted by Crippen LogP contribution is -2.21. The maximum absolute atomic E-state index is 9.11. The summed E-state index contributed by atoms with van der Waals surface area (Å²) in [4.78, 5) is 0. The molecule has 0 amide bonds. The zero-order chi connectivity index (χ0) is 14.8. The first kappa shape index (κ1) is 15.7. The third kappa shape index (κ3) is 6.08. The Morgan fingerprint density at radius 2 is 1.38 bits per heavy atom. The van der Waals surface area contributed by atoms with Gasteiger partial charge in [0.1, 0.15) is 0 Å². The number of hydrogen-bond donors (Lipinski definition) is 1. The second kappa shape index (κ2) is 9.29. The predicted molar refractivity (Wildman–Crippen MR) is 82.8 cm³/mol. The molecule has 0 aliphatic rings. The summed E-state index contributed by atoms with van der Waals surface area (Å²) in [5.74, 6) is 0. The Bertz CT molecular complexity index is 484. The molecule has 3 nitrogen and oxygen atoms in total. The van der Waals surface area contributed by atoms with Crippen LogP contribution in [0.2, 0.25) is 0 Å². The third-order valence-corrected chi connectivity index (χ3v) is 3.19. The first-order valence-corrected chi connectivity index (χ1v) is 7.26. The summed E-state index contributed by atoms with van der Waals surface area (Å²) in [6.45, 7) is 1.70. The molecule has 0 radical (unpaired) electrons. The molecule has 1 atom stereocenters. The van der Waals surface area contributed by atoms with Crippen molar-refractivity contribution in [3.63, 3.8) is 0 Å². The van der Waals surface area contributed by atoms with Crippen LogP contribution in [0.4, 0.5) is 0 Å². The van der Waals surface area contributed by atoms with Crippen molar-refractivity contribution in [2.45, 2.75) is 25.7 Å². The Labute approximate surface area is 126 Å². The van der Waals surface area contributed by atoms with E-state index >= 15 is 0 Å². The third-order valence-electron chi connectivity index (χ3n) is 3.19. The number of aliphatic hydroxyl groups excluding tert-OH is 1. The van der Waals surface area contributed by atoms with Crippen LogP contribution < -0.4 is 0 Å². The van der Waals surface area contributed by atoms with Gasteiger partial charge in [0.15, 0.2) is 0 Å². The van der Waals surface area contributed by atoms with E-state index in [4.69, 9.17) is 14.6 Å². The Morgan fingerprint density at radius 1 is 0.810 bits per heavy atom. The Balaban J connectivity index is 1.73. The highest BCUT2D eigenvalue weighted by Crippen LogP contribution is 2.08. The molecule has 0 aliphatic carbocycles. The maximum atomic E-state index is 9.11. The van der Waals surface area contributed by atoms with E-state index in [1.54, 1.807) is 0 Å². The molecule has 0 bridgehead atoms. The Morgan fingerprint density at radius 3 is 1.95 bits per heavy atom. The second-order valence-corrected chi connectivity index (χ2v) is 4.93. The van der Waals surface area contributed by atoms with Gasteiger partial charge < -0.3 is 14.6 Å². The number of aliphatic hydroxyl groups is 1. The lowest BCUT2D eigenvalue weighted by atomic mass is 10.2. The number of rotatable bonds is 9. The van der Waals surface area contributed by atoms with Gasteiger partial charge in [0.25, 0.3) is 0 Å². The van der Waals surface area contributed by atoms with Gasteiger partial charge in [-0.1, -0.05) is 60.7 Å².